The first-order chi connectivity index (χ1) is 6.59. The van der Waals surface area contributed by atoms with E-state index in [2.05, 4.69) is 5.73 Å². The highest BCUT2D eigenvalue weighted by atomic mass is 16.4. The van der Waals surface area contributed by atoms with E-state index in [1.54, 1.807) is 19.1 Å². The number of hydrogen-bond acceptors (Lipinski definition) is 3. The molecule has 0 atom stereocenters. The zero-order valence-electron chi connectivity index (χ0n) is 7.70. The van der Waals surface area contributed by atoms with E-state index in [4.69, 9.17) is 4.42 Å². The summed E-state index contributed by atoms with van der Waals surface area (Å²) < 4.78 is 4.98. The second-order valence-electron chi connectivity index (χ2n) is 3.17. The molecule has 0 fully saturated rings. The smallest absolute Gasteiger partial charge is 0.398 e. The van der Waals surface area contributed by atoms with Crippen molar-refractivity contribution in [2.75, 3.05) is 0 Å². The van der Waals surface area contributed by atoms with Gasteiger partial charge in [0.2, 0.25) is 5.69 Å². The molecule has 14 heavy (non-hydrogen) atoms. The summed E-state index contributed by atoms with van der Waals surface area (Å²) in [6, 6.07) is 4.68. The molecule has 2 aromatic rings. The third-order valence-corrected chi connectivity index (χ3v) is 2.27. The fourth-order valence-electron chi connectivity index (χ4n) is 1.38. The van der Waals surface area contributed by atoms with Crippen molar-refractivity contribution in [1.29, 1.82) is 0 Å². The summed E-state index contributed by atoms with van der Waals surface area (Å²) in [6.45, 7) is 1.80. The van der Waals surface area contributed by atoms with E-state index >= 15 is 0 Å². The van der Waals surface area contributed by atoms with Crippen molar-refractivity contribution in [3.63, 3.8) is 0 Å². The van der Waals surface area contributed by atoms with Gasteiger partial charge in [0.05, 0.1) is 0 Å². The molecule has 0 saturated carbocycles. The fraction of sp³-hybridized carbons (Fsp3) is 0.100. The van der Waals surface area contributed by atoms with Crippen LogP contribution in [-0.2, 0) is 0 Å². The number of benzene rings is 1. The monoisotopic (exact) mass is 192 g/mol. The van der Waals surface area contributed by atoms with E-state index in [1.165, 1.54) is 6.07 Å². The van der Waals surface area contributed by atoms with Crippen molar-refractivity contribution in [2.45, 2.75) is 6.92 Å². The van der Waals surface area contributed by atoms with Crippen LogP contribution in [0.1, 0.15) is 5.56 Å². The van der Waals surface area contributed by atoms with Crippen LogP contribution in [0.3, 0.4) is 0 Å². The van der Waals surface area contributed by atoms with E-state index < -0.39 is 5.63 Å². The Morgan fingerprint density at radius 1 is 1.43 bits per heavy atom. The molecule has 1 aromatic heterocycles. The van der Waals surface area contributed by atoms with Crippen molar-refractivity contribution in [1.82, 2.24) is 0 Å². The molecule has 0 aliphatic rings. The van der Waals surface area contributed by atoms with E-state index in [0.29, 0.717) is 11.3 Å². The lowest BCUT2D eigenvalue weighted by atomic mass is 10.1. The Labute approximate surface area is 79.6 Å². The first kappa shape index (κ1) is 8.77. The Hall–Kier alpha value is -1.81. The first-order valence-electron chi connectivity index (χ1n) is 4.18. The van der Waals surface area contributed by atoms with E-state index in [-0.39, 0.29) is 5.75 Å². The summed E-state index contributed by atoms with van der Waals surface area (Å²) in [4.78, 5) is 11.3. The van der Waals surface area contributed by atoms with E-state index in [9.17, 15) is 9.90 Å². The Morgan fingerprint density at radius 2 is 2.14 bits per heavy atom. The van der Waals surface area contributed by atoms with Crippen LogP contribution in [0.15, 0.2) is 27.4 Å². The Kier molecular flexibility index (Phi) is 1.79. The number of aryl methyl sites for hydroxylation is 1. The van der Waals surface area contributed by atoms with Crippen LogP contribution < -0.4 is 11.4 Å². The van der Waals surface area contributed by atoms with Crippen molar-refractivity contribution in [2.24, 2.45) is 0 Å². The van der Waals surface area contributed by atoms with Crippen LogP contribution in [0.25, 0.3) is 11.0 Å². The highest BCUT2D eigenvalue weighted by Gasteiger charge is 2.10. The molecular weight excluding hydrogens is 182 g/mol. The van der Waals surface area contributed by atoms with Crippen molar-refractivity contribution in [3.05, 3.63) is 34.2 Å². The largest absolute Gasteiger partial charge is 0.508 e. The summed E-state index contributed by atoms with van der Waals surface area (Å²) in [5.74, 6) is 0.0804. The average molecular weight is 192 g/mol. The van der Waals surface area contributed by atoms with Gasteiger partial charge in [-0.05, 0) is 19.1 Å². The number of phenolic OH excluding ortho intramolecular Hbond substituents is 1. The molecule has 0 aliphatic heterocycles. The van der Waals surface area contributed by atoms with Crippen molar-refractivity contribution < 1.29 is 15.3 Å². The molecule has 0 unspecified atom stereocenters. The van der Waals surface area contributed by atoms with Crippen LogP contribution in [0.5, 0.6) is 5.75 Å². The number of rotatable bonds is 0. The minimum Gasteiger partial charge on any atom is -0.508 e. The van der Waals surface area contributed by atoms with Crippen LogP contribution in [-0.4, -0.2) is 5.11 Å². The molecule has 0 aliphatic carbocycles. The molecule has 0 bridgehead atoms. The van der Waals surface area contributed by atoms with Gasteiger partial charge in [0, 0.05) is 17.0 Å². The molecule has 0 radical (unpaired) electrons. The molecule has 4 N–H and O–H groups in total. The highest BCUT2D eigenvalue weighted by Crippen LogP contribution is 2.23. The normalized spacial score (nSPS) is 10.7. The van der Waals surface area contributed by atoms with Gasteiger partial charge < -0.3 is 15.3 Å². The van der Waals surface area contributed by atoms with Gasteiger partial charge >= 0.3 is 5.63 Å². The number of aromatic hydroxyl groups is 1. The molecule has 4 nitrogen and oxygen atoms in total. The van der Waals surface area contributed by atoms with Crippen LogP contribution in [0.2, 0.25) is 0 Å². The van der Waals surface area contributed by atoms with E-state index in [1.807, 2.05) is 0 Å². The summed E-state index contributed by atoms with van der Waals surface area (Å²) in [7, 11) is 0. The van der Waals surface area contributed by atoms with Gasteiger partial charge in [0.25, 0.3) is 0 Å². The van der Waals surface area contributed by atoms with E-state index in [0.717, 1.165) is 10.9 Å². The minimum atomic E-state index is -0.458. The third kappa shape index (κ3) is 1.16. The summed E-state index contributed by atoms with van der Waals surface area (Å²) in [5, 5.41) is 10.0. The lowest BCUT2D eigenvalue weighted by Crippen LogP contribution is -2.46. The standard InChI is InChI=1S/C10H9NO3/c1-5-7-3-2-6(12)4-8(7)14-10(13)9(5)11/h2-4,12H,11H2,1H3/p+1. The van der Waals surface area contributed by atoms with Crippen molar-refractivity contribution in [3.8, 4) is 5.75 Å². The van der Waals surface area contributed by atoms with Gasteiger partial charge in [-0.15, -0.1) is 0 Å². The van der Waals surface area contributed by atoms with Gasteiger partial charge in [0.15, 0.2) is 0 Å². The molecule has 0 saturated heterocycles. The Morgan fingerprint density at radius 3 is 2.86 bits per heavy atom. The second kappa shape index (κ2) is 2.85. The van der Waals surface area contributed by atoms with Crippen LogP contribution in [0, 0.1) is 6.92 Å². The molecule has 4 heteroatoms. The molecule has 0 spiro atoms. The molecule has 2 rings (SSSR count). The number of hydrogen-bond donors (Lipinski definition) is 2. The quantitative estimate of drug-likeness (QED) is 0.602. The maximum Gasteiger partial charge on any atom is 0.398 e. The van der Waals surface area contributed by atoms with Crippen LogP contribution in [0.4, 0.5) is 5.69 Å². The summed E-state index contributed by atoms with van der Waals surface area (Å²) in [6.07, 6.45) is 0. The van der Waals surface area contributed by atoms with Gasteiger partial charge in [-0.2, -0.15) is 0 Å². The predicted octanol–water partition coefficient (Wildman–Crippen LogP) is 0.680. The Balaban J connectivity index is 2.98. The van der Waals surface area contributed by atoms with Gasteiger partial charge in [-0.25, -0.2) is 4.79 Å². The molecule has 1 aromatic carbocycles. The molecule has 72 valence electrons. The number of fused-ring (bicyclic) bond motifs is 1. The zero-order chi connectivity index (χ0) is 10.3. The maximum absolute atomic E-state index is 11.3. The molecule has 0 amide bonds. The number of phenols is 1. The minimum absolute atomic E-state index is 0.0804. The Bertz CT molecular complexity index is 557. The van der Waals surface area contributed by atoms with Gasteiger partial charge in [0.1, 0.15) is 11.3 Å². The highest BCUT2D eigenvalue weighted by molar-refractivity contribution is 5.83. The van der Waals surface area contributed by atoms with Gasteiger partial charge in [-0.1, -0.05) is 0 Å². The average Bonchev–Trinajstić information content (AvgIpc) is 2.14. The van der Waals surface area contributed by atoms with Crippen molar-refractivity contribution >= 4 is 16.7 Å². The first-order valence-corrected chi connectivity index (χ1v) is 4.18. The topological polar surface area (TPSA) is 78.1 Å². The predicted molar refractivity (Wildman–Crippen MR) is 51.4 cm³/mol. The van der Waals surface area contributed by atoms with Crippen LogP contribution >= 0.6 is 0 Å². The molecular formula is C10H10NO3+. The second-order valence-corrected chi connectivity index (χ2v) is 3.17. The third-order valence-electron chi connectivity index (χ3n) is 2.27. The fourth-order valence-corrected chi connectivity index (χ4v) is 1.38. The molecule has 1 heterocycles. The summed E-state index contributed by atoms with van der Waals surface area (Å²) in [5.41, 5.74) is 4.71. The van der Waals surface area contributed by atoms with Gasteiger partial charge in [-0.3, -0.25) is 0 Å². The lowest BCUT2D eigenvalue weighted by molar-refractivity contribution is -0.258. The zero-order valence-corrected chi connectivity index (χ0v) is 7.70. The summed E-state index contributed by atoms with van der Waals surface area (Å²) >= 11 is 0. The number of quaternary nitrogens is 1. The maximum atomic E-state index is 11.3. The SMILES string of the molecule is Cc1c([NH3+])c(=O)oc2cc(O)ccc12. The lowest BCUT2D eigenvalue weighted by Gasteiger charge is -2.01.